The quantitative estimate of drug-likeness (QED) is 0.0376. The molecule has 0 atom stereocenters. The molecule has 21 nitrogen and oxygen atoms in total. The first-order valence-corrected chi connectivity index (χ1v) is 49.2. The van der Waals surface area contributed by atoms with Crippen molar-refractivity contribution in [3.8, 4) is 0 Å². The summed E-state index contributed by atoms with van der Waals surface area (Å²) in [4.78, 5) is 99.2. The predicted octanol–water partition coefficient (Wildman–Crippen LogP) is 25.5. The molecule has 0 radical (unpaired) electrons. The average Bonchev–Trinajstić information content (AvgIpc) is 0.841. The van der Waals surface area contributed by atoms with E-state index >= 15 is 0 Å². The smallest absolute Gasteiger partial charge is 0.250 e. The molecule has 1 saturated heterocycles. The number of nitrogens with zero attached hydrogens (tertiary/aromatic N) is 2. The van der Waals surface area contributed by atoms with E-state index in [9.17, 15) is 38.4 Å². The van der Waals surface area contributed by atoms with E-state index in [0.29, 0.717) is 81.7 Å². The van der Waals surface area contributed by atoms with Gasteiger partial charge in [0, 0.05) is 74.1 Å². The lowest BCUT2D eigenvalue weighted by Gasteiger charge is -2.36. The van der Waals surface area contributed by atoms with Crippen molar-refractivity contribution < 1.29 is 85.7 Å². The van der Waals surface area contributed by atoms with Crippen molar-refractivity contribution in [3.63, 3.8) is 0 Å². The molecule has 1 aliphatic heterocycles. The van der Waals surface area contributed by atoms with Gasteiger partial charge in [-0.25, -0.2) is 0 Å². The lowest BCUT2D eigenvalue weighted by molar-refractivity contribution is -0.141. The molecule has 5 aromatic carbocycles. The van der Waals surface area contributed by atoms with Gasteiger partial charge < -0.3 is 62.5 Å². The summed E-state index contributed by atoms with van der Waals surface area (Å²) in [6.07, 6.45) is 5.46. The number of amides is 2. The minimum atomic E-state index is -0.402. The van der Waals surface area contributed by atoms with Crippen molar-refractivity contribution in [2.75, 3.05) is 76.0 Å². The van der Waals surface area contributed by atoms with Crippen molar-refractivity contribution >= 4 is 57.9 Å². The summed E-state index contributed by atoms with van der Waals surface area (Å²) in [5.41, 5.74) is 8.20. The second kappa shape index (κ2) is 58.1. The van der Waals surface area contributed by atoms with Crippen LogP contribution in [0.1, 0.15) is 361 Å². The van der Waals surface area contributed by atoms with E-state index in [1.165, 1.54) is 41.5 Å². The van der Waals surface area contributed by atoms with E-state index in [1.54, 1.807) is 12.1 Å². The van der Waals surface area contributed by atoms with Gasteiger partial charge in [-0.1, -0.05) is 187 Å². The molecule has 2 amide bonds. The normalized spacial score (nSPS) is 13.2. The molecule has 1 fully saturated rings. The molecule has 0 unspecified atom stereocenters. The second-order valence-electron chi connectivity index (χ2n) is 50.1. The molecule has 1 heterocycles. The van der Waals surface area contributed by atoms with E-state index in [-0.39, 0.29) is 149 Å². The van der Waals surface area contributed by atoms with E-state index in [2.05, 4.69) is 183 Å². The van der Waals surface area contributed by atoms with Gasteiger partial charge in [-0.3, -0.25) is 38.4 Å². The van der Waals surface area contributed by atoms with Gasteiger partial charge in [0.2, 0.25) is 11.8 Å². The first kappa shape index (κ1) is 129. The number of anilines is 2. The van der Waals surface area contributed by atoms with E-state index < -0.39 is 10.8 Å². The zero-order chi connectivity index (χ0) is 106. The fourth-order valence-electron chi connectivity index (χ4n) is 11.3. The molecule has 0 aliphatic carbocycles. The van der Waals surface area contributed by atoms with Gasteiger partial charge in [0.05, 0.1) is 88.9 Å². The molecule has 137 heavy (non-hydrogen) atoms. The van der Waals surface area contributed by atoms with Crippen LogP contribution in [0.3, 0.4) is 0 Å². The largest absolute Gasteiger partial charge is 0.371 e. The predicted molar refractivity (Wildman–Crippen MR) is 563 cm³/mol. The highest BCUT2D eigenvalue weighted by Crippen LogP contribution is 2.30. The van der Waals surface area contributed by atoms with Crippen LogP contribution >= 0.6 is 0 Å². The molecule has 1 aliphatic rings. The Kier molecular flexibility index (Phi) is 54.9. The number of hydrogen-bond donors (Lipinski definition) is 1. The van der Waals surface area contributed by atoms with Gasteiger partial charge in [-0.05, 0) is 300 Å². The van der Waals surface area contributed by atoms with Gasteiger partial charge in [0.1, 0.15) is 51.2 Å². The maximum Gasteiger partial charge on any atom is 0.250 e. The maximum atomic E-state index is 12.3. The fourth-order valence-corrected chi connectivity index (χ4v) is 11.3. The average molecular weight is 1920 g/mol. The number of Topliss-reactive ketones (excluding diaryl/α,β-unsaturated/α-hetero) is 6. The molecule has 0 saturated carbocycles. The van der Waals surface area contributed by atoms with Gasteiger partial charge in [-0.15, -0.1) is 0 Å². The van der Waals surface area contributed by atoms with Gasteiger partial charge in [-0.2, -0.15) is 0 Å². The second-order valence-corrected chi connectivity index (χ2v) is 50.1. The molecule has 1 N–H and O–H groups in total. The van der Waals surface area contributed by atoms with Crippen LogP contribution in [-0.2, 0) is 138 Å². The number of benzene rings is 5. The lowest BCUT2D eigenvalue weighted by Crippen LogP contribution is -2.50. The van der Waals surface area contributed by atoms with Crippen LogP contribution in [0, 0.1) is 21.7 Å². The summed E-state index contributed by atoms with van der Waals surface area (Å²) >= 11 is 0. The van der Waals surface area contributed by atoms with Crippen molar-refractivity contribution in [2.24, 2.45) is 21.7 Å². The molecule has 0 spiro atoms. The number of carbonyl (C=O) groups is 8. The number of nitrogens with one attached hydrogen (secondary N) is 1. The molecule has 0 aromatic heterocycles. The van der Waals surface area contributed by atoms with E-state index in [4.69, 9.17) is 47.4 Å². The summed E-state index contributed by atoms with van der Waals surface area (Å²) in [7, 11) is 0. The highest BCUT2D eigenvalue weighted by atomic mass is 16.5. The van der Waals surface area contributed by atoms with Gasteiger partial charge in [0.15, 0.2) is 23.1 Å². The number of ketones is 6. The zero-order valence-corrected chi connectivity index (χ0v) is 93.8. The highest BCUT2D eigenvalue weighted by molar-refractivity contribution is 6.03. The summed E-state index contributed by atoms with van der Waals surface area (Å²) < 4.78 is 56.1. The van der Waals surface area contributed by atoms with Crippen LogP contribution in [0.5, 0.6) is 0 Å². The number of hydrogen-bond acceptors (Lipinski definition) is 19. The number of ether oxygens (including phenoxy) is 10. The van der Waals surface area contributed by atoms with Crippen LogP contribution in [0.15, 0.2) is 121 Å². The summed E-state index contributed by atoms with van der Waals surface area (Å²) in [5.74, 6) is 0.0598. The minimum absolute atomic E-state index is 0.00782. The van der Waals surface area contributed by atoms with E-state index in [0.717, 1.165) is 41.0 Å². The van der Waals surface area contributed by atoms with Gasteiger partial charge >= 0.3 is 0 Å². The van der Waals surface area contributed by atoms with Crippen molar-refractivity contribution in [1.29, 1.82) is 0 Å². The molecule has 5 aromatic rings. The van der Waals surface area contributed by atoms with Gasteiger partial charge in [0.25, 0.3) is 0 Å². The SMILES string of the molecule is CC(C)(C)C(=O)CC(=O)C(C)(C)C.CC(C)(C)CCCC(C)(C)C.CC(C)(C)OCC(=O)Cc1ccc(N2CCN(C(=O)COC(C)(C)C)CC2)cc1.CC(C)(C)OCC(=O)Cc1ccc(NC(=O)COC(C)(C)C)cc1.CC(C)(C)OCC(=O)Cc1cccc(CC(=O)COC(C)(C)C)c1.CC(C)(C)OCc1ccc(COC(C)(C)C)cc1.CC(C)(C)OCc1cccc(COC(C)(C)C)c1. The maximum absolute atomic E-state index is 12.3. The van der Waals surface area contributed by atoms with Crippen LogP contribution in [0.25, 0.3) is 0 Å². The Morgan fingerprint density at radius 2 is 0.518 bits per heavy atom. The Balaban J connectivity index is 0.00000161. The van der Waals surface area contributed by atoms with Crippen LogP contribution in [-0.4, -0.2) is 173 Å². The Morgan fingerprint density at radius 3 is 0.803 bits per heavy atom. The molecule has 21 heteroatoms. The first-order chi connectivity index (χ1) is 61.9. The van der Waals surface area contributed by atoms with Crippen LogP contribution in [0.4, 0.5) is 11.4 Å². The van der Waals surface area contributed by atoms with E-state index in [1.807, 2.05) is 232 Å². The van der Waals surface area contributed by atoms with Crippen LogP contribution < -0.4 is 10.2 Å². The molecular weight excluding hydrogens is 1720 g/mol. The highest BCUT2D eigenvalue weighted by Gasteiger charge is 2.31. The standard InChI is InChI=1S/C23H36N2O4.C20H30O4.C19H29NO4.2C16H26O2.C11H20O2.C11H24/c1-22(2,3)28-16-20(26)15-18-7-9-19(10-8-18)24-11-13-25(14-12-24)21(27)17-29-23(4,5)6;1-19(2,3)23-13-17(21)11-15-8-7-9-16(10-15)12-18(22)14-24-20(4,5)6;1-18(2,3)23-12-16(21)11-14-7-9-15(10-8-14)20-17(22)13-24-19(4,5)6;1-15(2,3)17-11-13-7-9-14(10-8-13)12-18-16(4,5)6;1-15(2,3)17-11-13-8-7-9-14(10-13)12-18-16(4,5)6;1-10(2,3)8(12)7-9(13)11(4,5)6;1-10(2,3)8-7-9-11(4,5)6/h7-10H,11-17H2,1-6H3;7-10H,11-14H2,1-6H3;7-10H,11-13H2,1-6H3,(H,20,22);2*7-10H,11-12H2,1-6H3;7H2,1-6H3;7-9H2,1-6H3. The fraction of sp³-hybridized carbons (Fsp3) is 0.672. The molecule has 0 bridgehead atoms. The van der Waals surface area contributed by atoms with Crippen molar-refractivity contribution in [3.05, 3.63) is 166 Å². The summed E-state index contributed by atoms with van der Waals surface area (Å²) in [6.45, 7) is 90.6. The zero-order valence-electron chi connectivity index (χ0n) is 93.8. The summed E-state index contributed by atoms with van der Waals surface area (Å²) in [6, 6.07) is 39.7. The van der Waals surface area contributed by atoms with Crippen molar-refractivity contribution in [1.82, 2.24) is 4.90 Å². The summed E-state index contributed by atoms with van der Waals surface area (Å²) in [5, 5.41) is 2.77. The number of piperazine rings is 1. The molecule has 6 rings (SSSR count). The van der Waals surface area contributed by atoms with Crippen molar-refractivity contribution in [2.45, 2.75) is 425 Å². The monoisotopic (exact) mass is 1910 g/mol. The lowest BCUT2D eigenvalue weighted by atomic mass is 9.82. The Morgan fingerprint density at radius 1 is 0.270 bits per heavy atom. The Bertz CT molecular complexity index is 4130. The van der Waals surface area contributed by atoms with Crippen LogP contribution in [0.2, 0.25) is 0 Å². The third-order valence-electron chi connectivity index (χ3n) is 19.2. The minimum Gasteiger partial charge on any atom is -0.371 e. The third-order valence-corrected chi connectivity index (χ3v) is 19.2. The third kappa shape index (κ3) is 76.0. The molecular formula is C116H191N3O18. The number of rotatable bonds is 34. The first-order valence-electron chi connectivity index (χ1n) is 49.2. The number of carbonyl (C=O) groups excluding carboxylic acids is 8. The molecule has 778 valence electrons. The topological polar surface area (TPSA) is 247 Å². The Labute approximate surface area is 832 Å². The Hall–Kier alpha value is -7.54.